The molecule has 13 heavy (non-hydrogen) atoms. The number of esters is 2. The first-order chi connectivity index (χ1) is 6.22. The van der Waals surface area contributed by atoms with Crippen LogP contribution in [0.25, 0.3) is 0 Å². The number of carbonyl (C=O) groups excluding carboxylic acids is 2. The van der Waals surface area contributed by atoms with E-state index in [0.29, 0.717) is 12.2 Å². The van der Waals surface area contributed by atoms with Gasteiger partial charge in [0, 0.05) is 6.42 Å². The molecule has 0 N–H and O–H groups in total. The molecule has 0 spiro atoms. The van der Waals surface area contributed by atoms with Gasteiger partial charge >= 0.3 is 11.9 Å². The Morgan fingerprint density at radius 1 is 1.77 bits per heavy atom. The third-order valence-electron chi connectivity index (χ3n) is 1.48. The number of rotatable bonds is 4. The molecule has 0 radical (unpaired) electrons. The van der Waals surface area contributed by atoms with E-state index in [1.54, 1.807) is 0 Å². The molecule has 1 aliphatic heterocycles. The van der Waals surface area contributed by atoms with Crippen molar-refractivity contribution in [2.24, 2.45) is 0 Å². The van der Waals surface area contributed by atoms with E-state index in [1.165, 1.54) is 11.8 Å². The third-order valence-corrected chi connectivity index (χ3v) is 2.49. The summed E-state index contributed by atoms with van der Waals surface area (Å²) >= 11 is 1.36. The van der Waals surface area contributed by atoms with Gasteiger partial charge in [0.15, 0.2) is 5.44 Å². The molecule has 74 valence electrons. The van der Waals surface area contributed by atoms with Crippen LogP contribution in [0.5, 0.6) is 0 Å². The summed E-state index contributed by atoms with van der Waals surface area (Å²) in [5.74, 6) is -0.108. The van der Waals surface area contributed by atoms with Crippen LogP contribution in [-0.4, -0.2) is 29.7 Å². The molecule has 0 aromatic carbocycles. The molecule has 1 fully saturated rings. The minimum atomic E-state index is -0.298. The number of cyclic esters (lactones) is 1. The Hall–Kier alpha value is -0.710. The molecule has 4 nitrogen and oxygen atoms in total. The van der Waals surface area contributed by atoms with Crippen molar-refractivity contribution in [1.29, 1.82) is 0 Å². The lowest BCUT2D eigenvalue weighted by molar-refractivity contribution is -0.151. The Labute approximate surface area is 81.0 Å². The summed E-state index contributed by atoms with van der Waals surface area (Å²) in [6.45, 7) is 2.08. The van der Waals surface area contributed by atoms with Crippen molar-refractivity contribution in [3.05, 3.63) is 0 Å². The van der Waals surface area contributed by atoms with Crippen molar-refractivity contribution in [2.45, 2.75) is 25.2 Å². The van der Waals surface area contributed by atoms with Gasteiger partial charge in [-0.15, -0.1) is 11.8 Å². The second kappa shape index (κ2) is 5.11. The smallest absolute Gasteiger partial charge is 0.317 e. The third kappa shape index (κ3) is 3.67. The predicted octanol–water partition coefficient (Wildman–Crippen LogP) is 0.946. The average Bonchev–Trinajstić information content (AvgIpc) is 2.49. The van der Waals surface area contributed by atoms with Crippen molar-refractivity contribution in [3.8, 4) is 0 Å². The number of hydrogen-bond donors (Lipinski definition) is 0. The van der Waals surface area contributed by atoms with E-state index in [2.05, 4.69) is 0 Å². The lowest BCUT2D eigenvalue weighted by Gasteiger charge is -2.08. The van der Waals surface area contributed by atoms with Gasteiger partial charge in [0.05, 0.1) is 5.75 Å². The highest BCUT2D eigenvalue weighted by atomic mass is 32.2. The van der Waals surface area contributed by atoms with E-state index in [9.17, 15) is 9.59 Å². The van der Waals surface area contributed by atoms with Gasteiger partial charge in [-0.3, -0.25) is 9.59 Å². The number of hydrogen-bond acceptors (Lipinski definition) is 5. The maximum absolute atomic E-state index is 10.9. The quantitative estimate of drug-likeness (QED) is 0.638. The first-order valence-corrected chi connectivity index (χ1v) is 5.24. The van der Waals surface area contributed by atoms with Crippen LogP contribution >= 0.6 is 11.8 Å². The maximum Gasteiger partial charge on any atom is 0.317 e. The summed E-state index contributed by atoms with van der Waals surface area (Å²) in [7, 11) is 0. The Balaban J connectivity index is 2.12. The fourth-order valence-electron chi connectivity index (χ4n) is 0.895. The SMILES string of the molecule is CCCC(=O)OCC1OC(=O)CS1. The Morgan fingerprint density at radius 2 is 2.54 bits per heavy atom. The zero-order valence-corrected chi connectivity index (χ0v) is 8.26. The summed E-state index contributed by atoms with van der Waals surface area (Å²) in [5, 5.41) is 0. The zero-order valence-electron chi connectivity index (χ0n) is 7.45. The lowest BCUT2D eigenvalue weighted by Crippen LogP contribution is -2.16. The van der Waals surface area contributed by atoms with Gasteiger partial charge in [0.1, 0.15) is 6.61 Å². The predicted molar refractivity (Wildman–Crippen MR) is 48.2 cm³/mol. The standard InChI is InChI=1S/C8H12O4S/c1-2-3-6(9)11-4-8-12-7(10)5-13-8/h8H,2-5H2,1H3. The summed E-state index contributed by atoms with van der Waals surface area (Å²) < 4.78 is 9.71. The van der Waals surface area contributed by atoms with Crippen LogP contribution in [-0.2, 0) is 19.1 Å². The largest absolute Gasteiger partial charge is 0.461 e. The molecule has 0 aliphatic carbocycles. The van der Waals surface area contributed by atoms with Crippen LogP contribution in [0.1, 0.15) is 19.8 Å². The average molecular weight is 204 g/mol. The molecule has 1 heterocycles. The first kappa shape index (κ1) is 10.4. The van der Waals surface area contributed by atoms with E-state index in [1.807, 2.05) is 6.92 Å². The van der Waals surface area contributed by atoms with Crippen LogP contribution in [0, 0.1) is 0 Å². The second-order valence-corrected chi connectivity index (χ2v) is 3.81. The van der Waals surface area contributed by atoms with Crippen LogP contribution in [0.15, 0.2) is 0 Å². The number of ether oxygens (including phenoxy) is 2. The van der Waals surface area contributed by atoms with Crippen molar-refractivity contribution in [2.75, 3.05) is 12.4 Å². The fraction of sp³-hybridized carbons (Fsp3) is 0.750. The van der Waals surface area contributed by atoms with Crippen molar-refractivity contribution >= 4 is 23.7 Å². The second-order valence-electron chi connectivity index (χ2n) is 2.66. The highest BCUT2D eigenvalue weighted by Gasteiger charge is 2.24. The Kier molecular flexibility index (Phi) is 4.08. The molecule has 0 amide bonds. The van der Waals surface area contributed by atoms with Crippen molar-refractivity contribution in [1.82, 2.24) is 0 Å². The number of carbonyl (C=O) groups is 2. The van der Waals surface area contributed by atoms with Crippen molar-refractivity contribution in [3.63, 3.8) is 0 Å². The molecule has 0 aromatic heterocycles. The minimum Gasteiger partial charge on any atom is -0.461 e. The highest BCUT2D eigenvalue weighted by Crippen LogP contribution is 2.20. The monoisotopic (exact) mass is 204 g/mol. The topological polar surface area (TPSA) is 52.6 Å². The highest BCUT2D eigenvalue weighted by molar-refractivity contribution is 8.00. The van der Waals surface area contributed by atoms with Crippen LogP contribution < -0.4 is 0 Å². The summed E-state index contributed by atoms with van der Waals surface area (Å²) in [4.78, 5) is 21.5. The Bertz CT molecular complexity index is 204. The van der Waals surface area contributed by atoms with E-state index < -0.39 is 0 Å². The molecule has 1 saturated heterocycles. The van der Waals surface area contributed by atoms with Crippen molar-refractivity contribution < 1.29 is 19.1 Å². The molecular weight excluding hydrogens is 192 g/mol. The van der Waals surface area contributed by atoms with E-state index >= 15 is 0 Å². The molecule has 1 unspecified atom stereocenters. The van der Waals surface area contributed by atoms with Gasteiger partial charge in [-0.2, -0.15) is 0 Å². The first-order valence-electron chi connectivity index (χ1n) is 4.19. The van der Waals surface area contributed by atoms with Gasteiger partial charge in [0.2, 0.25) is 0 Å². The van der Waals surface area contributed by atoms with Gasteiger partial charge in [-0.25, -0.2) is 0 Å². The normalized spacial score (nSPS) is 21.3. The van der Waals surface area contributed by atoms with Crippen LogP contribution in [0.4, 0.5) is 0 Å². The maximum atomic E-state index is 10.9. The molecule has 1 atom stereocenters. The molecular formula is C8H12O4S. The zero-order chi connectivity index (χ0) is 9.68. The molecule has 0 bridgehead atoms. The van der Waals surface area contributed by atoms with E-state index in [4.69, 9.17) is 9.47 Å². The van der Waals surface area contributed by atoms with Gasteiger partial charge in [-0.05, 0) is 6.42 Å². The summed E-state index contributed by atoms with van der Waals surface area (Å²) in [6, 6.07) is 0. The molecule has 0 aromatic rings. The van der Waals surface area contributed by atoms with Crippen LogP contribution in [0.3, 0.4) is 0 Å². The van der Waals surface area contributed by atoms with E-state index in [0.717, 1.165) is 6.42 Å². The summed E-state index contributed by atoms with van der Waals surface area (Å²) in [6.07, 6.45) is 1.20. The van der Waals surface area contributed by atoms with Gasteiger partial charge in [0.25, 0.3) is 0 Å². The van der Waals surface area contributed by atoms with Gasteiger partial charge < -0.3 is 9.47 Å². The molecule has 0 saturated carbocycles. The lowest BCUT2D eigenvalue weighted by atomic mass is 10.3. The Morgan fingerprint density at radius 3 is 3.08 bits per heavy atom. The van der Waals surface area contributed by atoms with Gasteiger partial charge in [-0.1, -0.05) is 6.92 Å². The molecule has 1 aliphatic rings. The number of thioether (sulfide) groups is 1. The molecule has 5 heteroatoms. The summed E-state index contributed by atoms with van der Waals surface area (Å²) in [5.41, 5.74) is -0.298. The van der Waals surface area contributed by atoms with Crippen LogP contribution in [0.2, 0.25) is 0 Å². The van der Waals surface area contributed by atoms with E-state index in [-0.39, 0.29) is 24.0 Å². The molecule has 1 rings (SSSR count). The fourth-order valence-corrected chi connectivity index (χ4v) is 1.62. The minimum absolute atomic E-state index is 0.176.